The van der Waals surface area contributed by atoms with Crippen molar-refractivity contribution in [1.82, 2.24) is 0 Å². The summed E-state index contributed by atoms with van der Waals surface area (Å²) in [5.41, 5.74) is 2.45. The summed E-state index contributed by atoms with van der Waals surface area (Å²) in [5.74, 6) is 1.21. The van der Waals surface area contributed by atoms with E-state index in [-0.39, 0.29) is 6.61 Å². The van der Waals surface area contributed by atoms with Crippen LogP contribution in [-0.2, 0) is 0 Å². The van der Waals surface area contributed by atoms with E-state index >= 15 is 0 Å². The molecule has 1 N–H and O–H groups in total. The zero-order chi connectivity index (χ0) is 9.97. The minimum atomic E-state index is 0.248. The van der Waals surface area contributed by atoms with Crippen LogP contribution in [0.5, 0.6) is 5.75 Å². The van der Waals surface area contributed by atoms with Gasteiger partial charge in [-0.3, -0.25) is 0 Å². The Morgan fingerprint density at radius 1 is 1.36 bits per heavy atom. The molecule has 0 radical (unpaired) electrons. The molecule has 2 nitrogen and oxygen atoms in total. The lowest BCUT2D eigenvalue weighted by Gasteiger charge is -2.25. The number of aliphatic hydroxyl groups is 1. The number of rotatable bonds is 3. The predicted octanol–water partition coefficient (Wildman–Crippen LogP) is 2.09. The van der Waals surface area contributed by atoms with Crippen molar-refractivity contribution in [2.45, 2.75) is 6.42 Å². The van der Waals surface area contributed by atoms with Gasteiger partial charge < -0.3 is 9.84 Å². The molecule has 14 heavy (non-hydrogen) atoms. The minimum Gasteiger partial charge on any atom is -0.497 e. The molecule has 0 heterocycles. The van der Waals surface area contributed by atoms with Gasteiger partial charge in [0.1, 0.15) is 5.75 Å². The van der Waals surface area contributed by atoms with E-state index in [1.54, 1.807) is 7.11 Å². The molecular weight excluding hydrogens is 176 g/mol. The van der Waals surface area contributed by atoms with Crippen molar-refractivity contribution < 1.29 is 9.84 Å². The van der Waals surface area contributed by atoms with Crippen molar-refractivity contribution in [3.8, 4) is 5.75 Å². The van der Waals surface area contributed by atoms with Gasteiger partial charge in [0.25, 0.3) is 0 Å². The van der Waals surface area contributed by atoms with Crippen LogP contribution in [0.1, 0.15) is 12.0 Å². The number of benzene rings is 1. The molecular formula is C12H14O2. The van der Waals surface area contributed by atoms with Crippen LogP contribution in [0.25, 0.3) is 5.57 Å². The summed E-state index contributed by atoms with van der Waals surface area (Å²) in [7, 11) is 1.66. The molecule has 2 heteroatoms. The summed E-state index contributed by atoms with van der Waals surface area (Å²) >= 11 is 0. The average molecular weight is 190 g/mol. The van der Waals surface area contributed by atoms with Crippen LogP contribution in [0.4, 0.5) is 0 Å². The second-order valence-electron chi connectivity index (χ2n) is 3.50. The van der Waals surface area contributed by atoms with Crippen LogP contribution in [0.2, 0.25) is 0 Å². The first kappa shape index (κ1) is 9.28. The van der Waals surface area contributed by atoms with E-state index in [1.807, 2.05) is 24.3 Å². The van der Waals surface area contributed by atoms with E-state index in [0.29, 0.717) is 5.92 Å². The summed E-state index contributed by atoms with van der Waals surface area (Å²) in [6.07, 6.45) is 3.17. The highest BCUT2D eigenvalue weighted by molar-refractivity contribution is 5.72. The fraction of sp³-hybridized carbons (Fsp3) is 0.333. The zero-order valence-electron chi connectivity index (χ0n) is 8.23. The molecule has 0 bridgehead atoms. The van der Waals surface area contributed by atoms with Gasteiger partial charge in [-0.25, -0.2) is 0 Å². The van der Waals surface area contributed by atoms with E-state index in [4.69, 9.17) is 9.84 Å². The smallest absolute Gasteiger partial charge is 0.118 e. The molecule has 2 rings (SSSR count). The SMILES string of the molecule is COc1ccc(C2=CCC2CO)cc1. The molecule has 74 valence electrons. The Morgan fingerprint density at radius 3 is 2.50 bits per heavy atom. The molecule has 1 aliphatic carbocycles. The van der Waals surface area contributed by atoms with Crippen LogP contribution in [-0.4, -0.2) is 18.8 Å². The van der Waals surface area contributed by atoms with Crippen LogP contribution >= 0.6 is 0 Å². The fourth-order valence-corrected chi connectivity index (χ4v) is 1.71. The average Bonchev–Trinajstić information content (AvgIpc) is 2.18. The van der Waals surface area contributed by atoms with E-state index in [1.165, 1.54) is 11.1 Å². The Kier molecular flexibility index (Phi) is 2.55. The molecule has 0 fully saturated rings. The van der Waals surface area contributed by atoms with Gasteiger partial charge in [-0.05, 0) is 29.7 Å². The molecule has 0 amide bonds. The highest BCUT2D eigenvalue weighted by Crippen LogP contribution is 2.35. The molecule has 1 unspecified atom stereocenters. The highest BCUT2D eigenvalue weighted by Gasteiger charge is 2.21. The van der Waals surface area contributed by atoms with Gasteiger partial charge in [0.05, 0.1) is 13.7 Å². The van der Waals surface area contributed by atoms with Crippen LogP contribution in [0, 0.1) is 5.92 Å². The summed E-state index contributed by atoms with van der Waals surface area (Å²) in [5, 5.41) is 9.05. The third-order valence-corrected chi connectivity index (χ3v) is 2.71. The van der Waals surface area contributed by atoms with Crippen LogP contribution in [0.3, 0.4) is 0 Å². The zero-order valence-corrected chi connectivity index (χ0v) is 8.23. The lowest BCUT2D eigenvalue weighted by Crippen LogP contribution is -2.15. The van der Waals surface area contributed by atoms with Gasteiger partial charge in [0.15, 0.2) is 0 Å². The number of ether oxygens (including phenoxy) is 1. The molecule has 0 aromatic heterocycles. The quantitative estimate of drug-likeness (QED) is 0.790. The Morgan fingerprint density at radius 2 is 2.07 bits per heavy atom. The summed E-state index contributed by atoms with van der Waals surface area (Å²) in [4.78, 5) is 0. The van der Waals surface area contributed by atoms with Crippen LogP contribution in [0.15, 0.2) is 30.3 Å². The lowest BCUT2D eigenvalue weighted by molar-refractivity contribution is 0.251. The molecule has 1 atom stereocenters. The van der Waals surface area contributed by atoms with Gasteiger partial charge in [0.2, 0.25) is 0 Å². The topological polar surface area (TPSA) is 29.5 Å². The molecule has 0 spiro atoms. The van der Waals surface area contributed by atoms with Crippen molar-refractivity contribution >= 4 is 5.57 Å². The molecule has 1 aromatic rings. The standard InChI is InChI=1S/C12H14O2/c1-14-11-5-2-9(3-6-11)12-7-4-10(12)8-13/h2-3,5-7,10,13H,4,8H2,1H3. The first-order chi connectivity index (χ1) is 6.85. The number of hydrogen-bond acceptors (Lipinski definition) is 2. The lowest BCUT2D eigenvalue weighted by atomic mass is 9.81. The minimum absolute atomic E-state index is 0.248. The normalized spacial score (nSPS) is 19.9. The van der Waals surface area contributed by atoms with Crippen molar-refractivity contribution in [2.75, 3.05) is 13.7 Å². The molecule has 0 saturated heterocycles. The molecule has 0 saturated carbocycles. The van der Waals surface area contributed by atoms with Gasteiger partial charge in [0, 0.05) is 5.92 Å². The first-order valence-corrected chi connectivity index (χ1v) is 4.80. The van der Waals surface area contributed by atoms with Crippen molar-refractivity contribution in [1.29, 1.82) is 0 Å². The summed E-state index contributed by atoms with van der Waals surface area (Å²) in [6.45, 7) is 0.248. The van der Waals surface area contributed by atoms with Crippen LogP contribution < -0.4 is 4.74 Å². The van der Waals surface area contributed by atoms with Crippen molar-refractivity contribution in [3.63, 3.8) is 0 Å². The largest absolute Gasteiger partial charge is 0.497 e. The van der Waals surface area contributed by atoms with Gasteiger partial charge in [-0.1, -0.05) is 18.2 Å². The van der Waals surface area contributed by atoms with E-state index in [2.05, 4.69) is 6.08 Å². The van der Waals surface area contributed by atoms with E-state index in [9.17, 15) is 0 Å². The maximum atomic E-state index is 9.05. The Bertz CT molecular complexity index is 338. The third kappa shape index (κ3) is 1.53. The number of hydrogen-bond donors (Lipinski definition) is 1. The second kappa shape index (κ2) is 3.84. The van der Waals surface area contributed by atoms with E-state index < -0.39 is 0 Å². The Balaban J connectivity index is 2.18. The van der Waals surface area contributed by atoms with Gasteiger partial charge in [-0.15, -0.1) is 0 Å². The van der Waals surface area contributed by atoms with Gasteiger partial charge >= 0.3 is 0 Å². The first-order valence-electron chi connectivity index (χ1n) is 4.80. The number of allylic oxidation sites excluding steroid dienone is 1. The van der Waals surface area contributed by atoms with E-state index in [0.717, 1.165) is 12.2 Å². The maximum absolute atomic E-state index is 9.05. The third-order valence-electron chi connectivity index (χ3n) is 2.71. The Hall–Kier alpha value is -1.28. The predicted molar refractivity (Wildman–Crippen MR) is 56.2 cm³/mol. The van der Waals surface area contributed by atoms with Gasteiger partial charge in [-0.2, -0.15) is 0 Å². The highest BCUT2D eigenvalue weighted by atomic mass is 16.5. The number of aliphatic hydroxyl groups excluding tert-OH is 1. The Labute approximate surface area is 83.8 Å². The summed E-state index contributed by atoms with van der Waals surface area (Å²) in [6, 6.07) is 7.96. The van der Waals surface area contributed by atoms with Crippen molar-refractivity contribution in [3.05, 3.63) is 35.9 Å². The number of methoxy groups -OCH3 is 1. The molecule has 1 aromatic carbocycles. The second-order valence-corrected chi connectivity index (χ2v) is 3.50. The monoisotopic (exact) mass is 190 g/mol. The maximum Gasteiger partial charge on any atom is 0.118 e. The fourth-order valence-electron chi connectivity index (χ4n) is 1.71. The molecule has 1 aliphatic rings. The van der Waals surface area contributed by atoms with Crippen molar-refractivity contribution in [2.24, 2.45) is 5.92 Å². The molecule has 0 aliphatic heterocycles. The summed E-state index contributed by atoms with van der Waals surface area (Å²) < 4.78 is 5.08.